The summed E-state index contributed by atoms with van der Waals surface area (Å²) in [5.41, 5.74) is 0. The van der Waals surface area contributed by atoms with E-state index in [-0.39, 0.29) is 24.0 Å². The first-order valence-electron chi connectivity index (χ1n) is 6.81. The van der Waals surface area contributed by atoms with E-state index in [1.165, 1.54) is 13.0 Å². The fraction of sp³-hybridized carbons (Fsp3) is 0.714. The molecule has 6 heteroatoms. The van der Waals surface area contributed by atoms with Crippen LogP contribution in [0.25, 0.3) is 0 Å². The first kappa shape index (κ1) is 15.2. The van der Waals surface area contributed by atoms with Crippen LogP contribution in [0.2, 0.25) is 0 Å². The highest BCUT2D eigenvalue weighted by Crippen LogP contribution is 2.25. The molecular weight excluding hydrogens is 264 g/mol. The Labute approximate surface area is 118 Å². The molecule has 2 rings (SSSR count). The Hall–Kier alpha value is -1.24. The Morgan fingerprint density at radius 2 is 2.05 bits per heavy atom. The number of hydrogen-bond acceptors (Lipinski definition) is 6. The Morgan fingerprint density at radius 3 is 2.65 bits per heavy atom. The molecule has 0 amide bonds. The zero-order valence-corrected chi connectivity index (χ0v) is 11.9. The first-order valence-corrected chi connectivity index (χ1v) is 6.81. The highest BCUT2D eigenvalue weighted by Gasteiger charge is 2.33. The maximum absolute atomic E-state index is 11.3. The zero-order chi connectivity index (χ0) is 14.7. The molecule has 1 saturated heterocycles. The summed E-state index contributed by atoms with van der Waals surface area (Å²) in [5.74, 6) is -0.417. The fourth-order valence-electron chi connectivity index (χ4n) is 2.25. The van der Waals surface area contributed by atoms with E-state index >= 15 is 0 Å². The molecule has 0 saturated carbocycles. The second-order valence-corrected chi connectivity index (χ2v) is 5.04. The van der Waals surface area contributed by atoms with Crippen molar-refractivity contribution < 1.29 is 28.5 Å². The van der Waals surface area contributed by atoms with Crippen molar-refractivity contribution in [2.24, 2.45) is 0 Å². The van der Waals surface area contributed by atoms with Crippen molar-refractivity contribution in [3.8, 4) is 0 Å². The Morgan fingerprint density at radius 1 is 1.30 bits per heavy atom. The molecule has 0 aromatic carbocycles. The lowest BCUT2D eigenvalue weighted by atomic mass is 10.1. The third kappa shape index (κ3) is 3.88. The van der Waals surface area contributed by atoms with E-state index in [0.29, 0.717) is 12.8 Å². The highest BCUT2D eigenvalue weighted by molar-refractivity contribution is 5.93. The van der Waals surface area contributed by atoms with Crippen LogP contribution in [0.5, 0.6) is 0 Å². The number of carbonyl (C=O) groups is 2. The second kappa shape index (κ2) is 6.47. The summed E-state index contributed by atoms with van der Waals surface area (Å²) < 4.78 is 21.8. The molecular formula is C14H20O6. The molecule has 0 unspecified atom stereocenters. The van der Waals surface area contributed by atoms with E-state index in [1.54, 1.807) is 13.0 Å². The van der Waals surface area contributed by atoms with Gasteiger partial charge in [-0.15, -0.1) is 0 Å². The molecule has 0 aromatic rings. The van der Waals surface area contributed by atoms with Crippen molar-refractivity contribution in [1.29, 1.82) is 0 Å². The summed E-state index contributed by atoms with van der Waals surface area (Å²) in [6.45, 7) is 4.91. The van der Waals surface area contributed by atoms with Crippen LogP contribution in [-0.4, -0.2) is 42.6 Å². The lowest BCUT2D eigenvalue weighted by Crippen LogP contribution is -2.43. The van der Waals surface area contributed by atoms with Crippen molar-refractivity contribution in [1.82, 2.24) is 0 Å². The van der Waals surface area contributed by atoms with Gasteiger partial charge >= 0.3 is 5.97 Å². The van der Waals surface area contributed by atoms with E-state index in [4.69, 9.17) is 18.9 Å². The van der Waals surface area contributed by atoms with Gasteiger partial charge in [-0.1, -0.05) is 0 Å². The molecule has 112 valence electrons. The standard InChI is InChI=1S/C14H20O6/c1-8-11(16)4-6-14(17-8)20-12-5-7-13(18-9(12)2)19-10(3)15/h4,6,8-9,12-14H,5,7H2,1-3H3/t8-,9-,12-,13-,14-/m0/s1. The minimum atomic E-state index is -0.538. The van der Waals surface area contributed by atoms with Crippen LogP contribution in [0.15, 0.2) is 12.2 Å². The van der Waals surface area contributed by atoms with E-state index in [9.17, 15) is 9.59 Å². The summed E-state index contributed by atoms with van der Waals surface area (Å²) >= 11 is 0. The number of ketones is 1. The van der Waals surface area contributed by atoms with E-state index in [2.05, 4.69) is 0 Å². The van der Waals surface area contributed by atoms with Crippen molar-refractivity contribution in [3.05, 3.63) is 12.2 Å². The van der Waals surface area contributed by atoms with Crippen molar-refractivity contribution >= 4 is 11.8 Å². The topological polar surface area (TPSA) is 71.1 Å². The lowest BCUT2D eigenvalue weighted by molar-refractivity contribution is -0.250. The maximum Gasteiger partial charge on any atom is 0.304 e. The predicted octanol–water partition coefficient (Wildman–Crippen LogP) is 1.33. The first-order chi connectivity index (χ1) is 9.45. The number of rotatable bonds is 3. The average Bonchev–Trinajstić information content (AvgIpc) is 2.36. The molecule has 2 aliphatic heterocycles. The molecule has 1 fully saturated rings. The fourth-order valence-corrected chi connectivity index (χ4v) is 2.25. The lowest BCUT2D eigenvalue weighted by Gasteiger charge is -2.36. The molecule has 0 aromatic heterocycles. The summed E-state index contributed by atoms with van der Waals surface area (Å²) in [4.78, 5) is 22.2. The summed E-state index contributed by atoms with van der Waals surface area (Å²) in [7, 11) is 0. The molecule has 0 aliphatic carbocycles. The average molecular weight is 284 g/mol. The van der Waals surface area contributed by atoms with Crippen LogP contribution in [-0.2, 0) is 28.5 Å². The van der Waals surface area contributed by atoms with Crippen LogP contribution in [0.1, 0.15) is 33.6 Å². The molecule has 2 heterocycles. The molecule has 2 aliphatic rings. The van der Waals surface area contributed by atoms with Gasteiger partial charge in [-0.25, -0.2) is 0 Å². The number of hydrogen-bond donors (Lipinski definition) is 0. The van der Waals surface area contributed by atoms with Crippen molar-refractivity contribution in [2.75, 3.05) is 0 Å². The Balaban J connectivity index is 1.84. The molecule has 0 bridgehead atoms. The van der Waals surface area contributed by atoms with Crippen LogP contribution in [0.4, 0.5) is 0 Å². The van der Waals surface area contributed by atoms with Crippen LogP contribution < -0.4 is 0 Å². The van der Waals surface area contributed by atoms with E-state index in [1.807, 2.05) is 6.92 Å². The minimum Gasteiger partial charge on any atom is -0.436 e. The second-order valence-electron chi connectivity index (χ2n) is 5.04. The quantitative estimate of drug-likeness (QED) is 0.728. The van der Waals surface area contributed by atoms with Crippen LogP contribution in [0.3, 0.4) is 0 Å². The predicted molar refractivity (Wildman–Crippen MR) is 68.7 cm³/mol. The van der Waals surface area contributed by atoms with E-state index in [0.717, 1.165) is 0 Å². The van der Waals surface area contributed by atoms with E-state index < -0.39 is 18.7 Å². The zero-order valence-electron chi connectivity index (χ0n) is 11.9. The Bertz CT molecular complexity index is 404. The molecule has 0 N–H and O–H groups in total. The van der Waals surface area contributed by atoms with Gasteiger partial charge in [0.05, 0.1) is 12.2 Å². The van der Waals surface area contributed by atoms with Crippen molar-refractivity contribution in [3.63, 3.8) is 0 Å². The molecule has 20 heavy (non-hydrogen) atoms. The van der Waals surface area contributed by atoms with Gasteiger partial charge in [0.25, 0.3) is 0 Å². The largest absolute Gasteiger partial charge is 0.436 e. The Kier molecular flexibility index (Phi) is 4.91. The van der Waals surface area contributed by atoms with Gasteiger partial charge in [0, 0.05) is 13.3 Å². The molecule has 0 radical (unpaired) electrons. The number of ether oxygens (including phenoxy) is 4. The van der Waals surface area contributed by atoms with Gasteiger partial charge < -0.3 is 18.9 Å². The maximum atomic E-state index is 11.3. The van der Waals surface area contributed by atoms with Crippen LogP contribution in [0, 0.1) is 0 Å². The number of carbonyl (C=O) groups excluding carboxylic acids is 2. The molecule has 5 atom stereocenters. The van der Waals surface area contributed by atoms with Gasteiger partial charge in [0.15, 0.2) is 12.1 Å². The van der Waals surface area contributed by atoms with Gasteiger partial charge in [-0.05, 0) is 32.4 Å². The van der Waals surface area contributed by atoms with Gasteiger partial charge in [0.2, 0.25) is 6.29 Å². The number of esters is 1. The highest BCUT2D eigenvalue weighted by atomic mass is 16.7. The van der Waals surface area contributed by atoms with Gasteiger partial charge in [-0.2, -0.15) is 0 Å². The van der Waals surface area contributed by atoms with Gasteiger partial charge in [-0.3, -0.25) is 9.59 Å². The summed E-state index contributed by atoms with van der Waals surface area (Å²) in [5, 5.41) is 0. The van der Waals surface area contributed by atoms with Crippen molar-refractivity contribution in [2.45, 2.75) is 64.5 Å². The smallest absolute Gasteiger partial charge is 0.304 e. The summed E-state index contributed by atoms with van der Waals surface area (Å²) in [6, 6.07) is 0. The normalized spacial score (nSPS) is 37.8. The van der Waals surface area contributed by atoms with Crippen LogP contribution >= 0.6 is 0 Å². The molecule has 0 spiro atoms. The molecule has 6 nitrogen and oxygen atoms in total. The third-order valence-corrected chi connectivity index (χ3v) is 3.34. The SMILES string of the molecule is CC(=O)O[C@H]1CC[C@H](O[C@H]2C=CC(=O)[C@H](C)O2)[C@H](C)O1. The summed E-state index contributed by atoms with van der Waals surface area (Å²) in [6.07, 6.45) is 2.47. The third-order valence-electron chi connectivity index (χ3n) is 3.34. The van der Waals surface area contributed by atoms with Gasteiger partial charge in [0.1, 0.15) is 6.10 Å². The monoisotopic (exact) mass is 284 g/mol. The minimum absolute atomic E-state index is 0.0623.